The molecule has 0 amide bonds. The quantitative estimate of drug-likeness (QED) is 0.854. The summed E-state index contributed by atoms with van der Waals surface area (Å²) in [6.07, 6.45) is 1.07. The van der Waals surface area contributed by atoms with Gasteiger partial charge in [0.25, 0.3) is 0 Å². The lowest BCUT2D eigenvalue weighted by atomic mass is 9.87. The molecule has 0 N–H and O–H groups in total. The zero-order valence-corrected chi connectivity index (χ0v) is 15.2. The van der Waals surface area contributed by atoms with E-state index in [0.29, 0.717) is 17.4 Å². The van der Waals surface area contributed by atoms with Gasteiger partial charge in [-0.1, -0.05) is 39.0 Å². The standard InChI is InChI=1S/C17H28N2O2S/c1-17(2,3)15-8-6-7-9-16(15)22(20,21)19(5)13-14-10-11-18(4)12-14/h6-9,14H,10-13H2,1-5H3/t14-/m0/s1. The molecule has 1 aliphatic rings. The highest BCUT2D eigenvalue weighted by atomic mass is 32.2. The predicted molar refractivity (Wildman–Crippen MR) is 90.6 cm³/mol. The second kappa shape index (κ2) is 6.30. The minimum absolute atomic E-state index is 0.196. The van der Waals surface area contributed by atoms with Gasteiger partial charge in [0.1, 0.15) is 0 Å². The fraction of sp³-hybridized carbons (Fsp3) is 0.647. The maximum atomic E-state index is 13.0. The van der Waals surface area contributed by atoms with Gasteiger partial charge in [-0.05, 0) is 43.0 Å². The molecular formula is C17H28N2O2S. The first kappa shape index (κ1) is 17.4. The van der Waals surface area contributed by atoms with Crippen molar-refractivity contribution < 1.29 is 8.42 Å². The van der Waals surface area contributed by atoms with Crippen molar-refractivity contribution in [1.29, 1.82) is 0 Å². The highest BCUT2D eigenvalue weighted by Gasteiger charge is 2.31. The molecule has 1 aliphatic heterocycles. The summed E-state index contributed by atoms with van der Waals surface area (Å²) in [5.74, 6) is 0.423. The Bertz CT molecular complexity index is 620. The minimum atomic E-state index is -3.44. The Labute approximate surface area is 135 Å². The van der Waals surface area contributed by atoms with E-state index in [0.717, 1.165) is 25.1 Å². The molecule has 0 unspecified atom stereocenters. The predicted octanol–water partition coefficient (Wildman–Crippen LogP) is 2.56. The van der Waals surface area contributed by atoms with Gasteiger partial charge in [0.2, 0.25) is 10.0 Å². The van der Waals surface area contributed by atoms with Gasteiger partial charge in [0, 0.05) is 20.1 Å². The van der Waals surface area contributed by atoms with E-state index in [1.807, 2.05) is 32.9 Å². The molecular weight excluding hydrogens is 296 g/mol. The minimum Gasteiger partial charge on any atom is -0.306 e. The lowest BCUT2D eigenvalue weighted by molar-refractivity contribution is 0.356. The molecule has 1 aromatic carbocycles. The molecule has 0 aromatic heterocycles. The molecule has 0 aliphatic carbocycles. The number of hydrogen-bond acceptors (Lipinski definition) is 3. The van der Waals surface area contributed by atoms with Gasteiger partial charge in [-0.25, -0.2) is 12.7 Å². The second-order valence-corrected chi connectivity index (χ2v) is 9.46. The summed E-state index contributed by atoms with van der Waals surface area (Å²) in [6, 6.07) is 7.36. The lowest BCUT2D eigenvalue weighted by Gasteiger charge is -2.26. The number of hydrogen-bond donors (Lipinski definition) is 0. The van der Waals surface area contributed by atoms with E-state index < -0.39 is 10.0 Å². The van der Waals surface area contributed by atoms with Crippen molar-refractivity contribution in [3.05, 3.63) is 29.8 Å². The van der Waals surface area contributed by atoms with E-state index in [9.17, 15) is 8.42 Å². The Hall–Kier alpha value is -0.910. The van der Waals surface area contributed by atoms with Gasteiger partial charge < -0.3 is 4.90 Å². The Balaban J connectivity index is 2.27. The molecule has 1 saturated heterocycles. The lowest BCUT2D eigenvalue weighted by Crippen LogP contribution is -2.34. The third-order valence-corrected chi connectivity index (χ3v) is 6.27. The third-order valence-electron chi connectivity index (χ3n) is 4.39. The monoisotopic (exact) mass is 324 g/mol. The third kappa shape index (κ3) is 3.70. The van der Waals surface area contributed by atoms with Crippen LogP contribution >= 0.6 is 0 Å². The van der Waals surface area contributed by atoms with Crippen LogP contribution in [-0.4, -0.2) is 51.4 Å². The van der Waals surface area contributed by atoms with E-state index in [4.69, 9.17) is 0 Å². The maximum Gasteiger partial charge on any atom is 0.243 e. The first-order chi connectivity index (χ1) is 10.1. The molecule has 1 atom stereocenters. The van der Waals surface area contributed by atoms with Crippen molar-refractivity contribution in [3.63, 3.8) is 0 Å². The SMILES string of the molecule is CN1CC[C@H](CN(C)S(=O)(=O)c2ccccc2C(C)(C)C)C1. The first-order valence-electron chi connectivity index (χ1n) is 7.87. The van der Waals surface area contributed by atoms with Crippen molar-refractivity contribution in [1.82, 2.24) is 9.21 Å². The summed E-state index contributed by atoms with van der Waals surface area (Å²) in [7, 11) is 0.345. The van der Waals surface area contributed by atoms with Crippen LogP contribution in [0.4, 0.5) is 0 Å². The molecule has 1 heterocycles. The number of sulfonamides is 1. The maximum absolute atomic E-state index is 13.0. The van der Waals surface area contributed by atoms with Crippen molar-refractivity contribution in [3.8, 4) is 0 Å². The average molecular weight is 324 g/mol. The van der Waals surface area contributed by atoms with E-state index in [1.54, 1.807) is 19.2 Å². The molecule has 0 radical (unpaired) electrons. The summed E-state index contributed by atoms with van der Waals surface area (Å²) in [6.45, 7) is 8.76. The van der Waals surface area contributed by atoms with Crippen molar-refractivity contribution in [2.75, 3.05) is 33.7 Å². The molecule has 0 saturated carbocycles. The van der Waals surface area contributed by atoms with Crippen LogP contribution in [0.3, 0.4) is 0 Å². The molecule has 124 valence electrons. The van der Waals surface area contributed by atoms with Crippen LogP contribution in [0, 0.1) is 5.92 Å². The van der Waals surface area contributed by atoms with E-state index >= 15 is 0 Å². The number of likely N-dealkylation sites (tertiary alicyclic amines) is 1. The number of benzene rings is 1. The highest BCUT2D eigenvalue weighted by molar-refractivity contribution is 7.89. The molecule has 5 heteroatoms. The Kier molecular flexibility index (Phi) is 5.00. The first-order valence-corrected chi connectivity index (χ1v) is 9.31. The molecule has 22 heavy (non-hydrogen) atoms. The summed E-state index contributed by atoms with van der Waals surface area (Å²) < 4.78 is 27.5. The zero-order chi connectivity index (χ0) is 16.5. The van der Waals surface area contributed by atoms with Gasteiger partial charge in [0.15, 0.2) is 0 Å². The fourth-order valence-corrected chi connectivity index (χ4v) is 4.76. The van der Waals surface area contributed by atoms with Crippen molar-refractivity contribution >= 4 is 10.0 Å². The van der Waals surface area contributed by atoms with Gasteiger partial charge >= 0.3 is 0 Å². The summed E-state index contributed by atoms with van der Waals surface area (Å²) in [5, 5.41) is 0. The van der Waals surface area contributed by atoms with E-state index in [1.165, 1.54) is 4.31 Å². The second-order valence-electron chi connectivity index (χ2n) is 7.45. The molecule has 0 spiro atoms. The molecule has 4 nitrogen and oxygen atoms in total. The van der Waals surface area contributed by atoms with Crippen LogP contribution in [0.2, 0.25) is 0 Å². The highest BCUT2D eigenvalue weighted by Crippen LogP contribution is 2.30. The van der Waals surface area contributed by atoms with Gasteiger partial charge in [-0.3, -0.25) is 0 Å². The smallest absolute Gasteiger partial charge is 0.243 e. The largest absolute Gasteiger partial charge is 0.306 e. The topological polar surface area (TPSA) is 40.6 Å². The summed E-state index contributed by atoms with van der Waals surface area (Å²) >= 11 is 0. The zero-order valence-electron chi connectivity index (χ0n) is 14.3. The van der Waals surface area contributed by atoms with Gasteiger partial charge in [0.05, 0.1) is 4.90 Å². The van der Waals surface area contributed by atoms with Crippen molar-refractivity contribution in [2.24, 2.45) is 5.92 Å². The Morgan fingerprint density at radius 2 is 1.91 bits per heavy atom. The average Bonchev–Trinajstić information content (AvgIpc) is 2.83. The summed E-state index contributed by atoms with van der Waals surface area (Å²) in [4.78, 5) is 2.70. The fourth-order valence-electron chi connectivity index (χ4n) is 3.12. The van der Waals surface area contributed by atoms with Crippen LogP contribution in [-0.2, 0) is 15.4 Å². The van der Waals surface area contributed by atoms with Crippen LogP contribution in [0.15, 0.2) is 29.2 Å². The van der Waals surface area contributed by atoms with Crippen molar-refractivity contribution in [2.45, 2.75) is 37.5 Å². The van der Waals surface area contributed by atoms with E-state index in [-0.39, 0.29) is 5.41 Å². The Morgan fingerprint density at radius 1 is 1.27 bits per heavy atom. The number of nitrogens with zero attached hydrogens (tertiary/aromatic N) is 2. The molecule has 2 rings (SSSR count). The summed E-state index contributed by atoms with van der Waals surface area (Å²) in [5.41, 5.74) is 0.684. The number of rotatable bonds is 4. The van der Waals surface area contributed by atoms with Gasteiger partial charge in [-0.2, -0.15) is 0 Å². The van der Waals surface area contributed by atoms with Crippen LogP contribution < -0.4 is 0 Å². The Morgan fingerprint density at radius 3 is 2.45 bits per heavy atom. The van der Waals surface area contributed by atoms with Gasteiger partial charge in [-0.15, -0.1) is 0 Å². The normalized spacial score (nSPS) is 20.7. The molecule has 0 bridgehead atoms. The van der Waals surface area contributed by atoms with Crippen LogP contribution in [0.1, 0.15) is 32.8 Å². The van der Waals surface area contributed by atoms with Crippen LogP contribution in [0.5, 0.6) is 0 Å². The van der Waals surface area contributed by atoms with Crippen LogP contribution in [0.25, 0.3) is 0 Å². The molecule has 1 aromatic rings. The van der Waals surface area contributed by atoms with E-state index in [2.05, 4.69) is 11.9 Å². The molecule has 1 fully saturated rings.